The summed E-state index contributed by atoms with van der Waals surface area (Å²) in [6.07, 6.45) is 3.60. The zero-order valence-corrected chi connectivity index (χ0v) is 18.1. The van der Waals surface area contributed by atoms with Crippen molar-refractivity contribution in [2.75, 3.05) is 26.2 Å². The molecule has 8 heteroatoms. The molecular weight excluding hydrogens is 415 g/mol. The largest absolute Gasteiger partial charge is 0.339 e. The molecule has 2 fully saturated rings. The van der Waals surface area contributed by atoms with Crippen molar-refractivity contribution in [3.63, 3.8) is 0 Å². The molecule has 2 aliphatic rings. The number of piperazine rings is 1. The number of amides is 1. The molecule has 1 aliphatic heterocycles. The van der Waals surface area contributed by atoms with Crippen LogP contribution in [-0.4, -0.2) is 52.0 Å². The fraction of sp³-hybridized carbons (Fsp3) is 0.435. The smallest absolute Gasteiger partial charge is 0.241 e. The first-order valence-corrected chi connectivity index (χ1v) is 11.7. The highest BCUT2D eigenvalue weighted by Gasteiger charge is 2.45. The minimum Gasteiger partial charge on any atom is -0.339 e. The van der Waals surface area contributed by atoms with Crippen LogP contribution in [-0.2, 0) is 16.8 Å². The van der Waals surface area contributed by atoms with Gasteiger partial charge in [0.15, 0.2) is 0 Å². The molecule has 1 amide bonds. The highest BCUT2D eigenvalue weighted by atomic mass is 32.1. The van der Waals surface area contributed by atoms with Gasteiger partial charge in [-0.05, 0) is 42.0 Å². The van der Waals surface area contributed by atoms with E-state index < -0.39 is 5.41 Å². The van der Waals surface area contributed by atoms with Gasteiger partial charge in [-0.2, -0.15) is 4.98 Å². The number of hydrogen-bond acceptors (Lipinski definition) is 6. The van der Waals surface area contributed by atoms with Crippen LogP contribution in [0.25, 0.3) is 10.7 Å². The summed E-state index contributed by atoms with van der Waals surface area (Å²) in [5.41, 5.74) is 0.246. The van der Waals surface area contributed by atoms with E-state index in [9.17, 15) is 9.18 Å². The number of halogens is 1. The lowest BCUT2D eigenvalue weighted by atomic mass is 9.77. The fourth-order valence-electron chi connectivity index (χ4n) is 4.82. The molecule has 0 unspecified atom stereocenters. The molecule has 0 N–H and O–H groups in total. The highest BCUT2D eigenvalue weighted by molar-refractivity contribution is 7.13. The Labute approximate surface area is 184 Å². The van der Waals surface area contributed by atoms with Gasteiger partial charge in [-0.1, -0.05) is 36.2 Å². The normalized spacial score (nSPS) is 19.1. The van der Waals surface area contributed by atoms with Crippen LogP contribution in [0.15, 0.2) is 46.3 Å². The fourth-order valence-corrected chi connectivity index (χ4v) is 5.47. The van der Waals surface area contributed by atoms with Gasteiger partial charge in [0.1, 0.15) is 5.82 Å². The molecular formula is C23H25FN4O2S. The molecule has 3 heterocycles. The van der Waals surface area contributed by atoms with Crippen molar-refractivity contribution in [1.29, 1.82) is 0 Å². The van der Waals surface area contributed by atoms with Crippen LogP contribution in [0.3, 0.4) is 0 Å². The lowest BCUT2D eigenvalue weighted by molar-refractivity contribution is -0.139. The Kier molecular flexibility index (Phi) is 5.58. The first kappa shape index (κ1) is 20.3. The van der Waals surface area contributed by atoms with Gasteiger partial charge in [-0.3, -0.25) is 9.69 Å². The molecule has 2 aromatic heterocycles. The Morgan fingerprint density at radius 1 is 1.13 bits per heavy atom. The van der Waals surface area contributed by atoms with Crippen molar-refractivity contribution in [3.05, 3.63) is 59.0 Å². The molecule has 1 saturated carbocycles. The van der Waals surface area contributed by atoms with Gasteiger partial charge < -0.3 is 9.42 Å². The average Bonchev–Trinajstić information content (AvgIpc) is 3.55. The van der Waals surface area contributed by atoms with E-state index >= 15 is 0 Å². The molecule has 1 aromatic carbocycles. The Balaban J connectivity index is 1.23. The maximum atomic E-state index is 13.9. The minimum atomic E-state index is -0.577. The monoisotopic (exact) mass is 440 g/mol. The first-order valence-electron chi connectivity index (χ1n) is 10.8. The standard InChI is InChI=1S/C23H25FN4O2S/c24-18-6-3-5-17(15-18)23(8-1-2-9-23)22(29)28-12-10-27(11-13-28)16-20-25-21(26-30-20)19-7-4-14-31-19/h3-7,14-15H,1-2,8-13,16H2. The predicted molar refractivity (Wildman–Crippen MR) is 116 cm³/mol. The number of thiophene rings is 1. The van der Waals surface area contributed by atoms with E-state index in [2.05, 4.69) is 15.0 Å². The van der Waals surface area contributed by atoms with Crippen LogP contribution in [0, 0.1) is 5.82 Å². The summed E-state index contributed by atoms with van der Waals surface area (Å²) < 4.78 is 19.3. The summed E-state index contributed by atoms with van der Waals surface area (Å²) in [4.78, 5) is 23.3. The zero-order valence-electron chi connectivity index (χ0n) is 17.3. The molecule has 0 spiro atoms. The Bertz CT molecular complexity index is 1040. The van der Waals surface area contributed by atoms with Crippen LogP contribution >= 0.6 is 11.3 Å². The highest BCUT2D eigenvalue weighted by Crippen LogP contribution is 2.43. The summed E-state index contributed by atoms with van der Waals surface area (Å²) in [6, 6.07) is 10.5. The van der Waals surface area contributed by atoms with Crippen molar-refractivity contribution in [2.45, 2.75) is 37.6 Å². The molecule has 0 radical (unpaired) electrons. The van der Waals surface area contributed by atoms with Crippen LogP contribution < -0.4 is 0 Å². The Morgan fingerprint density at radius 3 is 2.65 bits per heavy atom. The van der Waals surface area contributed by atoms with E-state index in [0.717, 1.165) is 49.2 Å². The van der Waals surface area contributed by atoms with E-state index in [-0.39, 0.29) is 11.7 Å². The number of hydrogen-bond donors (Lipinski definition) is 0. The molecule has 3 aromatic rings. The molecule has 0 atom stereocenters. The van der Waals surface area contributed by atoms with Crippen LogP contribution in [0.5, 0.6) is 0 Å². The molecule has 5 rings (SSSR count). The van der Waals surface area contributed by atoms with Gasteiger partial charge >= 0.3 is 0 Å². The summed E-state index contributed by atoms with van der Waals surface area (Å²) in [5.74, 6) is 1.09. The summed E-state index contributed by atoms with van der Waals surface area (Å²) in [5, 5.41) is 6.06. The van der Waals surface area contributed by atoms with Gasteiger partial charge in [0.05, 0.1) is 16.8 Å². The summed E-state index contributed by atoms with van der Waals surface area (Å²) >= 11 is 1.58. The van der Waals surface area contributed by atoms with Crippen LogP contribution in [0.2, 0.25) is 0 Å². The number of rotatable bonds is 5. The number of aromatic nitrogens is 2. The number of benzene rings is 1. The lowest BCUT2D eigenvalue weighted by Crippen LogP contribution is -2.53. The van der Waals surface area contributed by atoms with Crippen LogP contribution in [0.4, 0.5) is 4.39 Å². The first-order chi connectivity index (χ1) is 15.1. The quantitative estimate of drug-likeness (QED) is 0.598. The zero-order chi connectivity index (χ0) is 21.3. The van der Waals surface area contributed by atoms with Gasteiger partial charge in [-0.25, -0.2) is 4.39 Å². The van der Waals surface area contributed by atoms with E-state index in [1.807, 2.05) is 28.5 Å². The van der Waals surface area contributed by atoms with Gasteiger partial charge in [0.25, 0.3) is 0 Å². The molecule has 0 bridgehead atoms. The number of nitrogens with zero attached hydrogens (tertiary/aromatic N) is 4. The molecule has 1 aliphatic carbocycles. The second-order valence-electron chi connectivity index (χ2n) is 8.36. The maximum Gasteiger partial charge on any atom is 0.241 e. The second kappa shape index (κ2) is 8.51. The third kappa shape index (κ3) is 4.02. The van der Waals surface area contributed by atoms with Crippen LogP contribution in [0.1, 0.15) is 37.1 Å². The van der Waals surface area contributed by atoms with Crippen molar-refractivity contribution in [1.82, 2.24) is 19.9 Å². The average molecular weight is 441 g/mol. The van der Waals surface area contributed by atoms with E-state index in [1.54, 1.807) is 23.5 Å². The SMILES string of the molecule is O=C(N1CCN(Cc2nc(-c3cccs3)no2)CC1)C1(c2cccc(F)c2)CCCC1. The Morgan fingerprint density at radius 2 is 1.94 bits per heavy atom. The number of carbonyl (C=O) groups is 1. The lowest BCUT2D eigenvalue weighted by Gasteiger charge is -2.39. The van der Waals surface area contributed by atoms with E-state index in [4.69, 9.17) is 4.52 Å². The number of carbonyl (C=O) groups excluding carboxylic acids is 1. The Hall–Kier alpha value is -2.58. The topological polar surface area (TPSA) is 62.5 Å². The molecule has 6 nitrogen and oxygen atoms in total. The van der Waals surface area contributed by atoms with E-state index in [0.29, 0.717) is 31.3 Å². The third-order valence-corrected chi connectivity index (χ3v) is 7.34. The molecule has 1 saturated heterocycles. The van der Waals surface area contributed by atoms with Gasteiger partial charge in [0.2, 0.25) is 17.6 Å². The van der Waals surface area contributed by atoms with E-state index in [1.165, 1.54) is 6.07 Å². The molecule has 31 heavy (non-hydrogen) atoms. The minimum absolute atomic E-state index is 0.146. The predicted octanol–water partition coefficient (Wildman–Crippen LogP) is 4.09. The van der Waals surface area contributed by atoms with Crippen molar-refractivity contribution < 1.29 is 13.7 Å². The second-order valence-corrected chi connectivity index (χ2v) is 9.30. The van der Waals surface area contributed by atoms with Crippen molar-refractivity contribution >= 4 is 17.2 Å². The summed E-state index contributed by atoms with van der Waals surface area (Å²) in [7, 11) is 0. The molecule has 162 valence electrons. The van der Waals surface area contributed by atoms with Gasteiger partial charge in [-0.15, -0.1) is 11.3 Å². The van der Waals surface area contributed by atoms with Gasteiger partial charge in [0, 0.05) is 26.2 Å². The maximum absolute atomic E-state index is 13.9. The third-order valence-electron chi connectivity index (χ3n) is 6.47. The summed E-state index contributed by atoms with van der Waals surface area (Å²) in [6.45, 7) is 3.39. The van der Waals surface area contributed by atoms with Crippen molar-refractivity contribution in [3.8, 4) is 10.7 Å². The van der Waals surface area contributed by atoms with Crippen molar-refractivity contribution in [2.24, 2.45) is 0 Å².